The number of amides is 3. The van der Waals surface area contributed by atoms with Crippen molar-refractivity contribution in [3.63, 3.8) is 0 Å². The van der Waals surface area contributed by atoms with Gasteiger partial charge in [-0.15, -0.1) is 0 Å². The lowest BCUT2D eigenvalue weighted by molar-refractivity contribution is -0.134. The lowest BCUT2D eigenvalue weighted by Crippen LogP contribution is -2.52. The summed E-state index contributed by atoms with van der Waals surface area (Å²) in [5, 5.41) is 2.66. The first-order valence-electron chi connectivity index (χ1n) is 10.7. The van der Waals surface area contributed by atoms with Crippen LogP contribution in [0.1, 0.15) is 41.0 Å². The van der Waals surface area contributed by atoms with Crippen LogP contribution < -0.4 is 5.32 Å². The standard InChI is InChI=1S/C24H27F2N3O3/c1-16(2)21(27-22(30)17-8-3-5-10-19(17)25)24(32)29-13-7-12-28(14-15-29)23(31)18-9-4-6-11-20(18)26/h3-6,8-11,16,21H,7,12-15H2,1-2H3,(H,27,30). The molecule has 1 aliphatic rings. The van der Waals surface area contributed by atoms with Gasteiger partial charge in [0.15, 0.2) is 0 Å². The van der Waals surface area contributed by atoms with Gasteiger partial charge in [0.1, 0.15) is 17.7 Å². The van der Waals surface area contributed by atoms with E-state index in [1.807, 2.05) is 0 Å². The summed E-state index contributed by atoms with van der Waals surface area (Å²) in [6, 6.07) is 10.6. The van der Waals surface area contributed by atoms with E-state index in [9.17, 15) is 23.2 Å². The third-order valence-electron chi connectivity index (χ3n) is 5.54. The minimum atomic E-state index is -0.837. The van der Waals surface area contributed by atoms with Crippen molar-refractivity contribution in [3.8, 4) is 0 Å². The van der Waals surface area contributed by atoms with E-state index < -0.39 is 29.5 Å². The second-order valence-electron chi connectivity index (χ2n) is 8.13. The molecule has 3 rings (SSSR count). The first kappa shape index (κ1) is 23.4. The Bertz CT molecular complexity index is 996. The van der Waals surface area contributed by atoms with Crippen molar-refractivity contribution in [2.24, 2.45) is 5.92 Å². The van der Waals surface area contributed by atoms with E-state index in [-0.39, 0.29) is 36.0 Å². The molecule has 8 heteroatoms. The summed E-state index contributed by atoms with van der Waals surface area (Å²) in [7, 11) is 0. The van der Waals surface area contributed by atoms with Crippen molar-refractivity contribution in [2.75, 3.05) is 26.2 Å². The van der Waals surface area contributed by atoms with Crippen LogP contribution in [0.25, 0.3) is 0 Å². The normalized spacial score (nSPS) is 15.3. The molecule has 0 saturated carbocycles. The predicted molar refractivity (Wildman–Crippen MR) is 116 cm³/mol. The third kappa shape index (κ3) is 5.30. The molecule has 1 unspecified atom stereocenters. The van der Waals surface area contributed by atoms with E-state index in [2.05, 4.69) is 5.32 Å². The maximum absolute atomic E-state index is 14.0. The van der Waals surface area contributed by atoms with E-state index in [1.54, 1.807) is 30.9 Å². The summed E-state index contributed by atoms with van der Waals surface area (Å²) in [6.45, 7) is 4.92. The number of benzene rings is 2. The molecule has 0 aliphatic carbocycles. The van der Waals surface area contributed by atoms with Crippen molar-refractivity contribution in [2.45, 2.75) is 26.3 Å². The van der Waals surface area contributed by atoms with Gasteiger partial charge in [-0.2, -0.15) is 0 Å². The maximum atomic E-state index is 14.0. The molecular weight excluding hydrogens is 416 g/mol. The number of rotatable bonds is 5. The van der Waals surface area contributed by atoms with Gasteiger partial charge in [-0.05, 0) is 36.6 Å². The highest BCUT2D eigenvalue weighted by Gasteiger charge is 2.31. The number of nitrogens with zero attached hydrogens (tertiary/aromatic N) is 2. The van der Waals surface area contributed by atoms with Crippen molar-refractivity contribution < 1.29 is 23.2 Å². The quantitative estimate of drug-likeness (QED) is 0.772. The van der Waals surface area contributed by atoms with E-state index in [1.165, 1.54) is 41.3 Å². The van der Waals surface area contributed by atoms with Crippen LogP contribution in [0.4, 0.5) is 8.78 Å². The Morgan fingerprint density at radius 1 is 0.812 bits per heavy atom. The Kier molecular flexibility index (Phi) is 7.56. The average Bonchev–Trinajstić information content (AvgIpc) is 3.03. The smallest absolute Gasteiger partial charge is 0.256 e. The van der Waals surface area contributed by atoms with Gasteiger partial charge in [-0.1, -0.05) is 38.1 Å². The summed E-state index contributed by atoms with van der Waals surface area (Å²) >= 11 is 0. The zero-order valence-corrected chi connectivity index (χ0v) is 18.2. The molecule has 170 valence electrons. The van der Waals surface area contributed by atoms with E-state index in [0.29, 0.717) is 19.5 Å². The molecule has 1 N–H and O–H groups in total. The Morgan fingerprint density at radius 2 is 1.34 bits per heavy atom. The summed E-state index contributed by atoms with van der Waals surface area (Å²) in [5.41, 5.74) is -0.118. The first-order chi connectivity index (χ1) is 15.3. The zero-order chi connectivity index (χ0) is 23.3. The topological polar surface area (TPSA) is 69.7 Å². The van der Waals surface area contributed by atoms with Crippen LogP contribution in [0.15, 0.2) is 48.5 Å². The van der Waals surface area contributed by atoms with Crippen molar-refractivity contribution in [3.05, 3.63) is 71.3 Å². The fourth-order valence-electron chi connectivity index (χ4n) is 3.72. The second-order valence-corrected chi connectivity index (χ2v) is 8.13. The van der Waals surface area contributed by atoms with Crippen LogP contribution in [0.3, 0.4) is 0 Å². The van der Waals surface area contributed by atoms with Gasteiger partial charge >= 0.3 is 0 Å². The van der Waals surface area contributed by atoms with Crippen LogP contribution in [0, 0.1) is 17.6 Å². The van der Waals surface area contributed by atoms with Crippen LogP contribution in [0.5, 0.6) is 0 Å². The van der Waals surface area contributed by atoms with Gasteiger partial charge in [0.2, 0.25) is 5.91 Å². The van der Waals surface area contributed by atoms with Gasteiger partial charge in [0.05, 0.1) is 11.1 Å². The molecule has 2 aromatic rings. The summed E-state index contributed by atoms with van der Waals surface area (Å²) < 4.78 is 28.0. The van der Waals surface area contributed by atoms with Crippen molar-refractivity contribution >= 4 is 17.7 Å². The van der Waals surface area contributed by atoms with Gasteiger partial charge in [0, 0.05) is 26.2 Å². The number of carbonyl (C=O) groups excluding carboxylic acids is 3. The molecule has 1 heterocycles. The Labute approximate surface area is 186 Å². The summed E-state index contributed by atoms with van der Waals surface area (Å²) in [5.74, 6) is -2.81. The largest absolute Gasteiger partial charge is 0.340 e. The third-order valence-corrected chi connectivity index (χ3v) is 5.54. The average molecular weight is 443 g/mol. The molecule has 6 nitrogen and oxygen atoms in total. The maximum Gasteiger partial charge on any atom is 0.256 e. The highest BCUT2D eigenvalue weighted by molar-refractivity contribution is 5.98. The highest BCUT2D eigenvalue weighted by Crippen LogP contribution is 2.15. The zero-order valence-electron chi connectivity index (χ0n) is 18.2. The fourth-order valence-corrected chi connectivity index (χ4v) is 3.72. The Morgan fingerprint density at radius 3 is 1.94 bits per heavy atom. The molecule has 32 heavy (non-hydrogen) atoms. The van der Waals surface area contributed by atoms with Crippen molar-refractivity contribution in [1.29, 1.82) is 0 Å². The van der Waals surface area contributed by atoms with E-state index in [4.69, 9.17) is 0 Å². The number of carbonyl (C=O) groups is 3. The van der Waals surface area contributed by atoms with Gasteiger partial charge in [-0.25, -0.2) is 8.78 Å². The number of nitrogens with one attached hydrogen (secondary N) is 1. The number of hydrogen-bond acceptors (Lipinski definition) is 3. The molecule has 0 bridgehead atoms. The lowest BCUT2D eigenvalue weighted by Gasteiger charge is -2.29. The molecule has 0 aromatic heterocycles. The van der Waals surface area contributed by atoms with Gasteiger partial charge < -0.3 is 15.1 Å². The lowest BCUT2D eigenvalue weighted by atomic mass is 10.0. The minimum absolute atomic E-state index is 0.00415. The van der Waals surface area contributed by atoms with Crippen LogP contribution in [-0.2, 0) is 4.79 Å². The van der Waals surface area contributed by atoms with E-state index in [0.717, 1.165) is 0 Å². The molecule has 1 fully saturated rings. The number of halogens is 2. The molecule has 3 amide bonds. The SMILES string of the molecule is CC(C)C(NC(=O)c1ccccc1F)C(=O)N1CCCN(C(=O)c2ccccc2F)CC1. The van der Waals surface area contributed by atoms with Crippen LogP contribution >= 0.6 is 0 Å². The van der Waals surface area contributed by atoms with Crippen LogP contribution in [-0.4, -0.2) is 59.7 Å². The first-order valence-corrected chi connectivity index (χ1v) is 10.7. The second kappa shape index (κ2) is 10.3. The summed E-state index contributed by atoms with van der Waals surface area (Å²) in [6.07, 6.45) is 0.526. The monoisotopic (exact) mass is 443 g/mol. The molecule has 2 aromatic carbocycles. The molecule has 1 atom stereocenters. The fraction of sp³-hybridized carbons (Fsp3) is 0.375. The minimum Gasteiger partial charge on any atom is -0.340 e. The Balaban J connectivity index is 1.68. The molecule has 1 saturated heterocycles. The predicted octanol–water partition coefficient (Wildman–Crippen LogP) is 3.09. The molecular formula is C24H27F2N3O3. The highest BCUT2D eigenvalue weighted by atomic mass is 19.1. The summed E-state index contributed by atoms with van der Waals surface area (Å²) in [4.78, 5) is 41.6. The van der Waals surface area contributed by atoms with Gasteiger partial charge in [0.25, 0.3) is 11.8 Å². The van der Waals surface area contributed by atoms with Crippen LogP contribution in [0.2, 0.25) is 0 Å². The molecule has 0 spiro atoms. The molecule has 0 radical (unpaired) electrons. The molecule has 1 aliphatic heterocycles. The van der Waals surface area contributed by atoms with Crippen molar-refractivity contribution in [1.82, 2.24) is 15.1 Å². The number of hydrogen-bond donors (Lipinski definition) is 1. The van der Waals surface area contributed by atoms with Gasteiger partial charge in [-0.3, -0.25) is 14.4 Å². The van der Waals surface area contributed by atoms with E-state index >= 15 is 0 Å². The Hall–Kier alpha value is -3.29.